The van der Waals surface area contributed by atoms with E-state index in [-0.39, 0.29) is 5.91 Å². The molecule has 2 heterocycles. The highest BCUT2D eigenvalue weighted by atomic mass is 32.1. The number of para-hydroxylation sites is 1. The predicted molar refractivity (Wildman–Crippen MR) is 81.4 cm³/mol. The van der Waals surface area contributed by atoms with Crippen molar-refractivity contribution < 1.29 is 4.79 Å². The Morgan fingerprint density at radius 1 is 1.32 bits per heavy atom. The summed E-state index contributed by atoms with van der Waals surface area (Å²) in [4.78, 5) is 17.7. The molecule has 0 unspecified atom stereocenters. The number of aryl methyl sites for hydroxylation is 2. The molecule has 0 saturated carbocycles. The van der Waals surface area contributed by atoms with E-state index in [0.29, 0.717) is 10.7 Å². The van der Waals surface area contributed by atoms with Crippen LogP contribution in [-0.2, 0) is 0 Å². The van der Waals surface area contributed by atoms with Gasteiger partial charge in [0.25, 0.3) is 5.91 Å². The second-order valence-electron chi connectivity index (χ2n) is 4.34. The molecule has 0 saturated heterocycles. The molecule has 5 heteroatoms. The first-order valence-electron chi connectivity index (χ1n) is 5.86. The van der Waals surface area contributed by atoms with E-state index in [0.717, 1.165) is 20.7 Å². The largest absolute Gasteiger partial charge is 0.298 e. The number of aromatic nitrogens is 1. The van der Waals surface area contributed by atoms with Gasteiger partial charge in [0.2, 0.25) is 0 Å². The highest BCUT2D eigenvalue weighted by molar-refractivity contribution is 7.22. The molecule has 0 bridgehead atoms. The van der Waals surface area contributed by atoms with E-state index in [1.165, 1.54) is 11.3 Å². The number of benzene rings is 1. The second kappa shape index (κ2) is 4.75. The summed E-state index contributed by atoms with van der Waals surface area (Å²) in [6.45, 7) is 4.01. The molecule has 1 amide bonds. The van der Waals surface area contributed by atoms with Gasteiger partial charge in [0.15, 0.2) is 5.13 Å². The molecule has 2 aromatic heterocycles. The number of hydrogen-bond donors (Lipinski definition) is 1. The highest BCUT2D eigenvalue weighted by Gasteiger charge is 2.11. The first-order chi connectivity index (χ1) is 9.13. The van der Waals surface area contributed by atoms with Crippen molar-refractivity contribution >= 4 is 43.9 Å². The maximum Gasteiger partial charge on any atom is 0.258 e. The van der Waals surface area contributed by atoms with Gasteiger partial charge in [-0.15, -0.1) is 11.3 Å². The third kappa shape index (κ3) is 2.39. The Bertz CT molecular complexity index is 758. The second-order valence-corrected chi connectivity index (χ2v) is 6.49. The lowest BCUT2D eigenvalue weighted by atomic mass is 10.2. The zero-order chi connectivity index (χ0) is 13.4. The molecule has 0 aliphatic heterocycles. The van der Waals surface area contributed by atoms with Crippen molar-refractivity contribution in [3.8, 4) is 0 Å². The van der Waals surface area contributed by atoms with E-state index >= 15 is 0 Å². The average Bonchev–Trinajstić information content (AvgIpc) is 2.96. The summed E-state index contributed by atoms with van der Waals surface area (Å²) in [6, 6.07) is 7.93. The van der Waals surface area contributed by atoms with E-state index in [4.69, 9.17) is 0 Å². The number of carbonyl (C=O) groups excluding carboxylic acids is 1. The Kier molecular flexibility index (Phi) is 3.08. The molecule has 3 nitrogen and oxygen atoms in total. The molecule has 1 aromatic carbocycles. The van der Waals surface area contributed by atoms with Crippen molar-refractivity contribution in [2.75, 3.05) is 5.32 Å². The zero-order valence-electron chi connectivity index (χ0n) is 10.6. The first kappa shape index (κ1) is 12.3. The standard InChI is InChI=1S/C14H12N2OS2/c1-8-4-3-5-11-12(8)15-14(19-11)16-13(17)10-6-9(2)18-7-10/h3-7H,1-2H3,(H,15,16,17). The fourth-order valence-corrected chi connectivity index (χ4v) is 3.49. The van der Waals surface area contributed by atoms with E-state index < -0.39 is 0 Å². The van der Waals surface area contributed by atoms with Gasteiger partial charge in [0.05, 0.1) is 15.8 Å². The van der Waals surface area contributed by atoms with Crippen LogP contribution in [0.1, 0.15) is 20.8 Å². The number of carbonyl (C=O) groups is 1. The molecule has 19 heavy (non-hydrogen) atoms. The van der Waals surface area contributed by atoms with Crippen molar-refractivity contribution in [3.63, 3.8) is 0 Å². The van der Waals surface area contributed by atoms with Gasteiger partial charge in [0, 0.05) is 10.3 Å². The monoisotopic (exact) mass is 288 g/mol. The van der Waals surface area contributed by atoms with Gasteiger partial charge < -0.3 is 0 Å². The number of thiophene rings is 1. The van der Waals surface area contributed by atoms with Crippen molar-refractivity contribution in [2.45, 2.75) is 13.8 Å². The van der Waals surface area contributed by atoms with Crippen LogP contribution >= 0.6 is 22.7 Å². The molecule has 96 valence electrons. The van der Waals surface area contributed by atoms with E-state index in [9.17, 15) is 4.79 Å². The molecule has 1 N–H and O–H groups in total. The fraction of sp³-hybridized carbons (Fsp3) is 0.143. The lowest BCUT2D eigenvalue weighted by molar-refractivity contribution is 0.102. The number of anilines is 1. The third-order valence-electron chi connectivity index (χ3n) is 2.83. The number of nitrogens with one attached hydrogen (secondary N) is 1. The summed E-state index contributed by atoms with van der Waals surface area (Å²) in [7, 11) is 0. The smallest absolute Gasteiger partial charge is 0.258 e. The zero-order valence-corrected chi connectivity index (χ0v) is 12.2. The van der Waals surface area contributed by atoms with E-state index in [1.54, 1.807) is 11.3 Å². The molecule has 0 spiro atoms. The molecule has 0 fully saturated rings. The average molecular weight is 288 g/mol. The van der Waals surface area contributed by atoms with Gasteiger partial charge in [-0.1, -0.05) is 23.5 Å². The number of hydrogen-bond acceptors (Lipinski definition) is 4. The van der Waals surface area contributed by atoms with Crippen LogP contribution in [0.25, 0.3) is 10.2 Å². The Balaban J connectivity index is 1.89. The molecule has 0 aliphatic rings. The number of rotatable bonds is 2. The van der Waals surface area contributed by atoms with Gasteiger partial charge in [0.1, 0.15) is 0 Å². The minimum absolute atomic E-state index is 0.0962. The molecule has 3 aromatic rings. The Hall–Kier alpha value is -1.72. The SMILES string of the molecule is Cc1cc(C(=O)Nc2nc3c(C)cccc3s2)cs1. The van der Waals surface area contributed by atoms with Gasteiger partial charge >= 0.3 is 0 Å². The maximum absolute atomic E-state index is 12.1. The summed E-state index contributed by atoms with van der Waals surface area (Å²) in [5.41, 5.74) is 2.78. The Morgan fingerprint density at radius 3 is 2.84 bits per heavy atom. The van der Waals surface area contributed by atoms with E-state index in [1.807, 2.05) is 43.5 Å². The Morgan fingerprint density at radius 2 is 2.16 bits per heavy atom. The topological polar surface area (TPSA) is 42.0 Å². The van der Waals surface area contributed by atoms with Crippen LogP contribution in [-0.4, -0.2) is 10.9 Å². The van der Waals surface area contributed by atoms with Crippen LogP contribution in [0.15, 0.2) is 29.6 Å². The van der Waals surface area contributed by atoms with Crippen LogP contribution in [0, 0.1) is 13.8 Å². The van der Waals surface area contributed by atoms with Crippen molar-refractivity contribution in [1.82, 2.24) is 4.98 Å². The van der Waals surface area contributed by atoms with Crippen LogP contribution in [0.2, 0.25) is 0 Å². The minimum atomic E-state index is -0.0962. The molecule has 3 rings (SSSR count). The summed E-state index contributed by atoms with van der Waals surface area (Å²) in [5.74, 6) is -0.0962. The number of nitrogens with zero attached hydrogens (tertiary/aromatic N) is 1. The van der Waals surface area contributed by atoms with Gasteiger partial charge in [-0.05, 0) is 31.5 Å². The lowest BCUT2D eigenvalue weighted by Gasteiger charge is -1.97. The number of thiazole rings is 1. The molecular weight excluding hydrogens is 276 g/mol. The van der Waals surface area contributed by atoms with Crippen LogP contribution in [0.3, 0.4) is 0 Å². The van der Waals surface area contributed by atoms with Crippen LogP contribution in [0.5, 0.6) is 0 Å². The van der Waals surface area contributed by atoms with Crippen LogP contribution in [0.4, 0.5) is 5.13 Å². The van der Waals surface area contributed by atoms with Gasteiger partial charge in [-0.25, -0.2) is 4.98 Å². The molecular formula is C14H12N2OS2. The number of fused-ring (bicyclic) bond motifs is 1. The molecule has 0 aliphatic carbocycles. The Labute approximate surface area is 118 Å². The highest BCUT2D eigenvalue weighted by Crippen LogP contribution is 2.28. The molecule has 0 atom stereocenters. The van der Waals surface area contributed by atoms with Crippen LogP contribution < -0.4 is 5.32 Å². The normalized spacial score (nSPS) is 10.8. The van der Waals surface area contributed by atoms with Crippen molar-refractivity contribution in [1.29, 1.82) is 0 Å². The predicted octanol–water partition coefficient (Wildman–Crippen LogP) is 4.23. The summed E-state index contributed by atoms with van der Waals surface area (Å²) in [5, 5.41) is 5.38. The lowest BCUT2D eigenvalue weighted by Crippen LogP contribution is -2.10. The van der Waals surface area contributed by atoms with E-state index in [2.05, 4.69) is 10.3 Å². The summed E-state index contributed by atoms with van der Waals surface area (Å²) in [6.07, 6.45) is 0. The van der Waals surface area contributed by atoms with Crippen molar-refractivity contribution in [2.24, 2.45) is 0 Å². The minimum Gasteiger partial charge on any atom is -0.298 e. The quantitative estimate of drug-likeness (QED) is 0.767. The maximum atomic E-state index is 12.1. The molecule has 0 radical (unpaired) electrons. The summed E-state index contributed by atoms with van der Waals surface area (Å²) >= 11 is 3.07. The first-order valence-corrected chi connectivity index (χ1v) is 7.56. The fourth-order valence-electron chi connectivity index (χ4n) is 1.87. The summed E-state index contributed by atoms with van der Waals surface area (Å²) < 4.78 is 1.09. The number of amides is 1. The van der Waals surface area contributed by atoms with Gasteiger partial charge in [-0.2, -0.15) is 0 Å². The van der Waals surface area contributed by atoms with Crippen molar-refractivity contribution in [3.05, 3.63) is 45.6 Å². The van der Waals surface area contributed by atoms with Gasteiger partial charge in [-0.3, -0.25) is 10.1 Å². The third-order valence-corrected chi connectivity index (χ3v) is 4.63.